The van der Waals surface area contributed by atoms with Crippen LogP contribution in [0.5, 0.6) is 11.5 Å². The van der Waals surface area contributed by atoms with E-state index in [-0.39, 0.29) is 18.1 Å². The third kappa shape index (κ3) is 2.85. The summed E-state index contributed by atoms with van der Waals surface area (Å²) in [6.07, 6.45) is 0.431. The zero-order valence-electron chi connectivity index (χ0n) is 10.9. The maximum absolute atomic E-state index is 11.8. The van der Waals surface area contributed by atoms with Gasteiger partial charge in [0.25, 0.3) is 0 Å². The normalized spacial score (nSPS) is 13.5. The van der Waals surface area contributed by atoms with Gasteiger partial charge in [-0.1, -0.05) is 20.8 Å². The summed E-state index contributed by atoms with van der Waals surface area (Å²) in [5, 5.41) is 2.80. The first kappa shape index (κ1) is 12.5. The van der Waals surface area contributed by atoms with Gasteiger partial charge in [-0.2, -0.15) is 0 Å². The summed E-state index contributed by atoms with van der Waals surface area (Å²) in [4.78, 5) is 11.8. The molecule has 0 aromatic heterocycles. The molecule has 0 fully saturated rings. The molecule has 3 N–H and O–H groups in total. The molecule has 0 saturated carbocycles. The van der Waals surface area contributed by atoms with Gasteiger partial charge < -0.3 is 20.5 Å². The Kier molecular flexibility index (Phi) is 3.07. The first-order valence-electron chi connectivity index (χ1n) is 5.84. The molecule has 1 heterocycles. The molecule has 0 saturated heterocycles. The largest absolute Gasteiger partial charge is 0.454 e. The van der Waals surface area contributed by atoms with Crippen LogP contribution >= 0.6 is 0 Å². The van der Waals surface area contributed by atoms with Crippen molar-refractivity contribution in [3.05, 3.63) is 12.1 Å². The van der Waals surface area contributed by atoms with Gasteiger partial charge in [0.1, 0.15) is 0 Å². The lowest BCUT2D eigenvalue weighted by Gasteiger charge is -2.18. The fourth-order valence-corrected chi connectivity index (χ4v) is 1.74. The molecule has 1 amide bonds. The minimum atomic E-state index is -0.0620. The number of carbonyl (C=O) groups excluding carboxylic acids is 1. The Morgan fingerprint density at radius 3 is 2.56 bits per heavy atom. The van der Waals surface area contributed by atoms with Crippen LogP contribution in [0.25, 0.3) is 0 Å². The molecule has 1 aliphatic heterocycles. The number of amides is 1. The zero-order chi connectivity index (χ0) is 13.3. The SMILES string of the molecule is CC(C)(C)CC(=O)Nc1cc2c(cc1N)OCO2. The van der Waals surface area contributed by atoms with Gasteiger partial charge in [-0.3, -0.25) is 4.79 Å². The molecule has 0 spiro atoms. The van der Waals surface area contributed by atoms with Gasteiger partial charge in [0.15, 0.2) is 11.5 Å². The van der Waals surface area contributed by atoms with Crippen LogP contribution in [-0.4, -0.2) is 12.7 Å². The van der Waals surface area contributed by atoms with Crippen LogP contribution in [0, 0.1) is 5.41 Å². The second kappa shape index (κ2) is 4.40. The highest BCUT2D eigenvalue weighted by Gasteiger charge is 2.19. The highest BCUT2D eigenvalue weighted by Crippen LogP contribution is 2.38. The van der Waals surface area contributed by atoms with Gasteiger partial charge in [-0.05, 0) is 5.41 Å². The van der Waals surface area contributed by atoms with E-state index >= 15 is 0 Å². The first-order valence-corrected chi connectivity index (χ1v) is 5.84. The molecule has 2 rings (SSSR count). The molecule has 1 aromatic carbocycles. The number of nitrogens with two attached hydrogens (primary N) is 1. The highest BCUT2D eigenvalue weighted by molar-refractivity contribution is 5.94. The van der Waals surface area contributed by atoms with Gasteiger partial charge in [-0.25, -0.2) is 0 Å². The number of hydrogen-bond donors (Lipinski definition) is 2. The van der Waals surface area contributed by atoms with E-state index in [4.69, 9.17) is 15.2 Å². The summed E-state index contributed by atoms with van der Waals surface area (Å²) in [5.41, 5.74) is 6.83. The van der Waals surface area contributed by atoms with E-state index in [9.17, 15) is 4.79 Å². The van der Waals surface area contributed by atoms with Crippen molar-refractivity contribution in [1.82, 2.24) is 0 Å². The fraction of sp³-hybridized carbons (Fsp3) is 0.462. The quantitative estimate of drug-likeness (QED) is 0.790. The number of ether oxygens (including phenoxy) is 2. The third-order valence-electron chi connectivity index (χ3n) is 2.51. The number of rotatable bonds is 2. The second-order valence-electron chi connectivity index (χ2n) is 5.58. The van der Waals surface area contributed by atoms with Gasteiger partial charge in [-0.15, -0.1) is 0 Å². The summed E-state index contributed by atoms with van der Waals surface area (Å²) in [5.74, 6) is 1.16. The second-order valence-corrected chi connectivity index (χ2v) is 5.58. The van der Waals surface area contributed by atoms with Crippen LogP contribution in [0.1, 0.15) is 27.2 Å². The minimum Gasteiger partial charge on any atom is -0.454 e. The summed E-state index contributed by atoms with van der Waals surface area (Å²) < 4.78 is 10.5. The third-order valence-corrected chi connectivity index (χ3v) is 2.51. The molecule has 0 unspecified atom stereocenters. The molecule has 98 valence electrons. The maximum Gasteiger partial charge on any atom is 0.231 e. The maximum atomic E-state index is 11.8. The fourth-order valence-electron chi connectivity index (χ4n) is 1.74. The van der Waals surface area contributed by atoms with Crippen molar-refractivity contribution in [3.63, 3.8) is 0 Å². The molecule has 18 heavy (non-hydrogen) atoms. The summed E-state index contributed by atoms with van der Waals surface area (Å²) >= 11 is 0. The number of nitrogen functional groups attached to an aromatic ring is 1. The van der Waals surface area contributed by atoms with Gasteiger partial charge in [0, 0.05) is 18.6 Å². The van der Waals surface area contributed by atoms with Crippen molar-refractivity contribution in [2.75, 3.05) is 17.8 Å². The Hall–Kier alpha value is -1.91. The lowest BCUT2D eigenvalue weighted by molar-refractivity contribution is -0.117. The average Bonchev–Trinajstić information content (AvgIpc) is 2.62. The Morgan fingerprint density at radius 1 is 1.33 bits per heavy atom. The lowest BCUT2D eigenvalue weighted by atomic mass is 9.92. The first-order chi connectivity index (χ1) is 8.35. The Balaban J connectivity index is 2.12. The molecule has 0 bridgehead atoms. The van der Waals surface area contributed by atoms with Crippen molar-refractivity contribution in [3.8, 4) is 11.5 Å². The van der Waals surface area contributed by atoms with E-state index in [0.29, 0.717) is 29.3 Å². The van der Waals surface area contributed by atoms with Crippen LogP contribution in [0.15, 0.2) is 12.1 Å². The molecule has 5 nitrogen and oxygen atoms in total. The predicted octanol–water partition coefficient (Wildman–Crippen LogP) is 2.37. The number of benzene rings is 1. The standard InChI is InChI=1S/C13H18N2O3/c1-13(2,3)6-12(16)15-9-5-11-10(4-8(9)14)17-7-18-11/h4-5H,6-7,14H2,1-3H3,(H,15,16). The molecule has 0 radical (unpaired) electrons. The van der Waals surface area contributed by atoms with Crippen LogP contribution in [0.3, 0.4) is 0 Å². The zero-order valence-corrected chi connectivity index (χ0v) is 10.9. The molecule has 5 heteroatoms. The number of nitrogens with one attached hydrogen (secondary N) is 1. The number of fused-ring (bicyclic) bond motifs is 1. The van der Waals surface area contributed by atoms with Crippen molar-refractivity contribution in [2.45, 2.75) is 27.2 Å². The van der Waals surface area contributed by atoms with E-state index in [1.807, 2.05) is 20.8 Å². The lowest BCUT2D eigenvalue weighted by Crippen LogP contribution is -2.20. The Bertz CT molecular complexity index is 478. The number of hydrogen-bond acceptors (Lipinski definition) is 4. The topological polar surface area (TPSA) is 73.6 Å². The average molecular weight is 250 g/mol. The van der Waals surface area contributed by atoms with Crippen LogP contribution in [0.2, 0.25) is 0 Å². The minimum absolute atomic E-state index is 0.0603. The van der Waals surface area contributed by atoms with Gasteiger partial charge in [0.05, 0.1) is 11.4 Å². The van der Waals surface area contributed by atoms with E-state index in [1.165, 1.54) is 0 Å². The van der Waals surface area contributed by atoms with Crippen LogP contribution < -0.4 is 20.5 Å². The predicted molar refractivity (Wildman–Crippen MR) is 69.7 cm³/mol. The number of carbonyl (C=O) groups is 1. The van der Waals surface area contributed by atoms with E-state index in [1.54, 1.807) is 12.1 Å². The van der Waals surface area contributed by atoms with E-state index in [2.05, 4.69) is 5.32 Å². The van der Waals surface area contributed by atoms with Crippen LogP contribution in [-0.2, 0) is 4.79 Å². The van der Waals surface area contributed by atoms with Crippen molar-refractivity contribution in [1.29, 1.82) is 0 Å². The van der Waals surface area contributed by atoms with E-state index < -0.39 is 0 Å². The molecule has 0 atom stereocenters. The molecular weight excluding hydrogens is 232 g/mol. The molecule has 0 aliphatic carbocycles. The summed E-state index contributed by atoms with van der Waals surface area (Å²) in [6, 6.07) is 3.35. The smallest absolute Gasteiger partial charge is 0.231 e. The Labute approximate surface area is 106 Å². The van der Waals surface area contributed by atoms with Crippen molar-refractivity contribution < 1.29 is 14.3 Å². The van der Waals surface area contributed by atoms with Crippen molar-refractivity contribution in [2.24, 2.45) is 5.41 Å². The van der Waals surface area contributed by atoms with E-state index in [0.717, 1.165) is 0 Å². The molecule has 1 aliphatic rings. The van der Waals surface area contributed by atoms with Gasteiger partial charge >= 0.3 is 0 Å². The highest BCUT2D eigenvalue weighted by atomic mass is 16.7. The van der Waals surface area contributed by atoms with Crippen LogP contribution in [0.4, 0.5) is 11.4 Å². The Morgan fingerprint density at radius 2 is 1.94 bits per heavy atom. The summed E-state index contributed by atoms with van der Waals surface area (Å²) in [6.45, 7) is 6.22. The number of anilines is 2. The monoisotopic (exact) mass is 250 g/mol. The molecular formula is C13H18N2O3. The van der Waals surface area contributed by atoms with Crippen molar-refractivity contribution >= 4 is 17.3 Å². The molecule has 1 aromatic rings. The van der Waals surface area contributed by atoms with Gasteiger partial charge in [0.2, 0.25) is 12.7 Å². The summed E-state index contributed by atoms with van der Waals surface area (Å²) in [7, 11) is 0.